The Morgan fingerprint density at radius 1 is 1.10 bits per heavy atom. The van der Waals surface area contributed by atoms with Gasteiger partial charge in [0.2, 0.25) is 5.95 Å². The van der Waals surface area contributed by atoms with E-state index in [0.717, 1.165) is 12.6 Å². The molecule has 2 aromatic rings. The molecule has 1 heterocycles. The highest BCUT2D eigenvalue weighted by molar-refractivity contribution is 5.41. The van der Waals surface area contributed by atoms with Gasteiger partial charge in [0.05, 0.1) is 6.20 Å². The molecule has 2 rings (SSSR count). The summed E-state index contributed by atoms with van der Waals surface area (Å²) in [6.07, 6.45) is 2.01. The first kappa shape index (κ1) is 14.2. The molecule has 0 atom stereocenters. The molecule has 106 valence electrons. The number of aromatic nitrogens is 2. The van der Waals surface area contributed by atoms with Crippen LogP contribution in [0.4, 0.5) is 20.5 Å². The number of anilines is 2. The lowest BCUT2D eigenvalue weighted by Crippen LogP contribution is -2.09. The summed E-state index contributed by atoms with van der Waals surface area (Å²) in [5.74, 6) is -0.492. The van der Waals surface area contributed by atoms with Crippen LogP contribution in [0.3, 0.4) is 0 Å². The number of hydrogen-bond acceptors (Lipinski definition) is 4. The fourth-order valence-electron chi connectivity index (χ4n) is 1.63. The molecule has 0 aliphatic heterocycles. The van der Waals surface area contributed by atoms with Crippen LogP contribution in [0, 0.1) is 11.6 Å². The number of rotatable bonds is 6. The van der Waals surface area contributed by atoms with Crippen molar-refractivity contribution in [2.75, 3.05) is 17.2 Å². The van der Waals surface area contributed by atoms with Gasteiger partial charge in [-0.15, -0.1) is 0 Å². The van der Waals surface area contributed by atoms with Crippen LogP contribution < -0.4 is 10.6 Å². The first-order valence-corrected chi connectivity index (χ1v) is 6.44. The molecule has 0 fully saturated rings. The third kappa shape index (κ3) is 3.63. The number of nitrogens with one attached hydrogen (secondary N) is 2. The molecule has 0 aliphatic carbocycles. The van der Waals surface area contributed by atoms with E-state index in [0.29, 0.717) is 18.1 Å². The molecule has 1 aromatic carbocycles. The zero-order valence-electron chi connectivity index (χ0n) is 11.2. The van der Waals surface area contributed by atoms with Crippen LogP contribution in [-0.4, -0.2) is 16.5 Å². The van der Waals surface area contributed by atoms with E-state index in [1.54, 1.807) is 18.2 Å². The highest BCUT2D eigenvalue weighted by atomic mass is 19.1. The normalized spacial score (nSPS) is 10.3. The molecule has 0 bridgehead atoms. The van der Waals surface area contributed by atoms with E-state index >= 15 is 0 Å². The minimum atomic E-state index is -0.566. The van der Waals surface area contributed by atoms with Gasteiger partial charge in [-0.2, -0.15) is 4.98 Å². The van der Waals surface area contributed by atoms with Crippen LogP contribution in [-0.2, 0) is 6.54 Å². The average Bonchev–Trinajstić information content (AvgIpc) is 2.46. The van der Waals surface area contributed by atoms with Crippen LogP contribution >= 0.6 is 0 Å². The van der Waals surface area contributed by atoms with E-state index in [4.69, 9.17) is 0 Å². The third-order valence-corrected chi connectivity index (χ3v) is 2.68. The summed E-state index contributed by atoms with van der Waals surface area (Å²) in [7, 11) is 0. The first-order chi connectivity index (χ1) is 9.70. The Morgan fingerprint density at radius 2 is 1.90 bits per heavy atom. The molecule has 1 aromatic heterocycles. The highest BCUT2D eigenvalue weighted by Crippen LogP contribution is 2.14. The van der Waals surface area contributed by atoms with Crippen molar-refractivity contribution in [2.45, 2.75) is 19.9 Å². The summed E-state index contributed by atoms with van der Waals surface area (Å²) in [6, 6.07) is 6.33. The lowest BCUT2D eigenvalue weighted by molar-refractivity contribution is 0.607. The fourth-order valence-corrected chi connectivity index (χ4v) is 1.63. The van der Waals surface area contributed by atoms with Crippen LogP contribution in [0.25, 0.3) is 0 Å². The highest BCUT2D eigenvalue weighted by Gasteiger charge is 2.07. The molecule has 0 saturated carbocycles. The SMILES string of the molecule is CCCNc1ncc(F)c(NCc2ccccc2F)n1. The quantitative estimate of drug-likeness (QED) is 0.852. The van der Waals surface area contributed by atoms with E-state index < -0.39 is 5.82 Å². The molecule has 20 heavy (non-hydrogen) atoms. The van der Waals surface area contributed by atoms with Gasteiger partial charge in [-0.25, -0.2) is 13.8 Å². The maximum absolute atomic E-state index is 13.6. The van der Waals surface area contributed by atoms with Gasteiger partial charge in [-0.3, -0.25) is 0 Å². The fraction of sp³-hybridized carbons (Fsp3) is 0.286. The lowest BCUT2D eigenvalue weighted by Gasteiger charge is -2.09. The van der Waals surface area contributed by atoms with Gasteiger partial charge < -0.3 is 10.6 Å². The van der Waals surface area contributed by atoms with E-state index in [-0.39, 0.29) is 18.2 Å². The van der Waals surface area contributed by atoms with Crippen molar-refractivity contribution in [1.29, 1.82) is 0 Å². The van der Waals surface area contributed by atoms with Gasteiger partial charge in [-0.05, 0) is 12.5 Å². The predicted octanol–water partition coefficient (Wildman–Crippen LogP) is 3.19. The van der Waals surface area contributed by atoms with E-state index in [1.807, 2.05) is 6.92 Å². The predicted molar refractivity (Wildman–Crippen MR) is 74.5 cm³/mol. The second kappa shape index (κ2) is 6.79. The van der Waals surface area contributed by atoms with E-state index in [2.05, 4.69) is 20.6 Å². The third-order valence-electron chi connectivity index (χ3n) is 2.68. The van der Waals surface area contributed by atoms with Crippen molar-refractivity contribution in [1.82, 2.24) is 9.97 Å². The number of benzene rings is 1. The van der Waals surface area contributed by atoms with Crippen LogP contribution in [0.15, 0.2) is 30.5 Å². The molecular formula is C14H16F2N4. The molecule has 0 radical (unpaired) electrons. The molecule has 0 unspecified atom stereocenters. The molecule has 0 aliphatic rings. The Morgan fingerprint density at radius 3 is 2.65 bits per heavy atom. The molecular weight excluding hydrogens is 262 g/mol. The van der Waals surface area contributed by atoms with Crippen molar-refractivity contribution < 1.29 is 8.78 Å². The molecule has 0 saturated heterocycles. The minimum absolute atomic E-state index is 0.0573. The second-order valence-electron chi connectivity index (χ2n) is 4.26. The van der Waals surface area contributed by atoms with Gasteiger partial charge in [0, 0.05) is 18.7 Å². The number of halogens is 2. The van der Waals surface area contributed by atoms with Crippen molar-refractivity contribution in [2.24, 2.45) is 0 Å². The summed E-state index contributed by atoms with van der Waals surface area (Å²) in [6.45, 7) is 2.88. The Balaban J connectivity index is 2.07. The zero-order valence-corrected chi connectivity index (χ0v) is 11.2. The monoisotopic (exact) mass is 278 g/mol. The first-order valence-electron chi connectivity index (χ1n) is 6.44. The van der Waals surface area contributed by atoms with E-state index in [9.17, 15) is 8.78 Å². The van der Waals surface area contributed by atoms with Crippen LogP contribution in [0.5, 0.6) is 0 Å². The molecule has 4 nitrogen and oxygen atoms in total. The minimum Gasteiger partial charge on any atom is -0.363 e. The van der Waals surface area contributed by atoms with Gasteiger partial charge in [0.25, 0.3) is 0 Å². The van der Waals surface area contributed by atoms with Gasteiger partial charge in [0.15, 0.2) is 11.6 Å². The van der Waals surface area contributed by atoms with Crippen LogP contribution in [0.1, 0.15) is 18.9 Å². The van der Waals surface area contributed by atoms with Crippen LogP contribution in [0.2, 0.25) is 0 Å². The number of hydrogen-bond donors (Lipinski definition) is 2. The van der Waals surface area contributed by atoms with Crippen molar-refractivity contribution in [3.63, 3.8) is 0 Å². The summed E-state index contributed by atoms with van der Waals surface area (Å²) in [4.78, 5) is 7.86. The lowest BCUT2D eigenvalue weighted by atomic mass is 10.2. The van der Waals surface area contributed by atoms with Crippen molar-refractivity contribution in [3.05, 3.63) is 47.7 Å². The zero-order chi connectivity index (χ0) is 14.4. The largest absolute Gasteiger partial charge is 0.363 e. The smallest absolute Gasteiger partial charge is 0.224 e. The van der Waals surface area contributed by atoms with E-state index in [1.165, 1.54) is 6.07 Å². The van der Waals surface area contributed by atoms with Crippen molar-refractivity contribution in [3.8, 4) is 0 Å². The summed E-state index contributed by atoms with van der Waals surface area (Å²) in [5.41, 5.74) is 0.452. The van der Waals surface area contributed by atoms with Gasteiger partial charge in [-0.1, -0.05) is 25.1 Å². The topological polar surface area (TPSA) is 49.8 Å². The maximum atomic E-state index is 13.6. The number of nitrogens with zero attached hydrogens (tertiary/aromatic N) is 2. The average molecular weight is 278 g/mol. The maximum Gasteiger partial charge on any atom is 0.224 e. The second-order valence-corrected chi connectivity index (χ2v) is 4.26. The Bertz CT molecular complexity index is 575. The molecule has 2 N–H and O–H groups in total. The standard InChI is InChI=1S/C14H16F2N4/c1-2-7-17-14-19-9-12(16)13(20-14)18-8-10-5-3-4-6-11(10)15/h3-6,9H,2,7-8H2,1H3,(H2,17,18,19,20). The summed E-state index contributed by atoms with van der Waals surface area (Å²) < 4.78 is 27.0. The Labute approximate surface area is 116 Å². The summed E-state index contributed by atoms with van der Waals surface area (Å²) in [5, 5.41) is 5.75. The molecule has 0 spiro atoms. The molecule has 0 amide bonds. The van der Waals surface area contributed by atoms with Gasteiger partial charge in [0.1, 0.15) is 5.82 Å². The Hall–Kier alpha value is -2.24. The Kier molecular flexibility index (Phi) is 4.81. The molecule has 6 heteroatoms. The van der Waals surface area contributed by atoms with Gasteiger partial charge >= 0.3 is 0 Å². The summed E-state index contributed by atoms with van der Waals surface area (Å²) >= 11 is 0. The van der Waals surface area contributed by atoms with Crippen molar-refractivity contribution >= 4 is 11.8 Å².